The van der Waals surface area contributed by atoms with Gasteiger partial charge in [0.05, 0.1) is 5.69 Å². The Labute approximate surface area is 95.7 Å². The largest absolute Gasteiger partial charge is 0.337 e. The number of hydrogen-bond donors (Lipinski definition) is 1. The second-order valence-electron chi connectivity index (χ2n) is 3.02. The van der Waals surface area contributed by atoms with E-state index in [2.05, 4.69) is 27.8 Å². The van der Waals surface area contributed by atoms with Crippen LogP contribution < -0.4 is 0 Å². The van der Waals surface area contributed by atoms with Crippen molar-refractivity contribution in [3.63, 3.8) is 0 Å². The summed E-state index contributed by atoms with van der Waals surface area (Å²) in [5.74, 6) is 0. The van der Waals surface area contributed by atoms with Gasteiger partial charge >= 0.3 is 0 Å². The van der Waals surface area contributed by atoms with E-state index in [-0.39, 0.29) is 0 Å². The van der Waals surface area contributed by atoms with Crippen LogP contribution in [-0.4, -0.2) is 9.55 Å². The van der Waals surface area contributed by atoms with Gasteiger partial charge in [-0.25, -0.2) is 0 Å². The lowest BCUT2D eigenvalue weighted by molar-refractivity contribution is 1.01. The Morgan fingerprint density at radius 1 is 1.43 bits per heavy atom. The SMILES string of the molecule is Cc1c(Br)cccc1-n1cc[nH]c1=S. The van der Waals surface area contributed by atoms with Gasteiger partial charge in [-0.3, -0.25) is 4.57 Å². The number of rotatable bonds is 1. The Kier molecular flexibility index (Phi) is 2.56. The third-order valence-corrected chi connectivity index (χ3v) is 3.32. The van der Waals surface area contributed by atoms with Gasteiger partial charge in [-0.2, -0.15) is 0 Å². The number of aromatic nitrogens is 2. The van der Waals surface area contributed by atoms with Crippen molar-refractivity contribution in [1.29, 1.82) is 0 Å². The second kappa shape index (κ2) is 3.71. The zero-order valence-electron chi connectivity index (χ0n) is 7.62. The van der Waals surface area contributed by atoms with Crippen LogP contribution in [0.5, 0.6) is 0 Å². The first-order valence-corrected chi connectivity index (χ1v) is 5.42. The third kappa shape index (κ3) is 1.55. The lowest BCUT2D eigenvalue weighted by Gasteiger charge is -2.07. The number of benzene rings is 1. The van der Waals surface area contributed by atoms with Crippen LogP contribution in [0.25, 0.3) is 5.69 Å². The molecule has 1 heterocycles. The number of nitrogens with one attached hydrogen (secondary N) is 1. The topological polar surface area (TPSA) is 20.7 Å². The maximum Gasteiger partial charge on any atom is 0.181 e. The molecule has 0 saturated carbocycles. The number of aromatic amines is 1. The first kappa shape index (κ1) is 9.68. The Morgan fingerprint density at radius 3 is 2.86 bits per heavy atom. The van der Waals surface area contributed by atoms with E-state index in [0.29, 0.717) is 4.77 Å². The second-order valence-corrected chi connectivity index (χ2v) is 4.26. The summed E-state index contributed by atoms with van der Waals surface area (Å²) in [5.41, 5.74) is 2.29. The molecule has 0 aliphatic heterocycles. The molecule has 1 N–H and O–H groups in total. The van der Waals surface area contributed by atoms with Gasteiger partial charge in [0.2, 0.25) is 0 Å². The molecular weight excluding hydrogens is 260 g/mol. The predicted molar refractivity (Wildman–Crippen MR) is 63.4 cm³/mol. The van der Waals surface area contributed by atoms with Crippen LogP contribution in [0.4, 0.5) is 0 Å². The van der Waals surface area contributed by atoms with Gasteiger partial charge in [-0.1, -0.05) is 22.0 Å². The third-order valence-electron chi connectivity index (χ3n) is 2.15. The summed E-state index contributed by atoms with van der Waals surface area (Å²) in [5, 5.41) is 0. The van der Waals surface area contributed by atoms with Gasteiger partial charge in [-0.05, 0) is 36.8 Å². The van der Waals surface area contributed by atoms with E-state index in [0.717, 1.165) is 10.2 Å². The van der Waals surface area contributed by atoms with Gasteiger partial charge in [0.25, 0.3) is 0 Å². The van der Waals surface area contributed by atoms with Crippen molar-refractivity contribution in [2.75, 3.05) is 0 Å². The molecule has 1 aromatic carbocycles. The highest BCUT2D eigenvalue weighted by atomic mass is 79.9. The van der Waals surface area contributed by atoms with Gasteiger partial charge in [-0.15, -0.1) is 0 Å². The Bertz CT molecular complexity index is 513. The van der Waals surface area contributed by atoms with Crippen LogP contribution in [0, 0.1) is 11.7 Å². The zero-order chi connectivity index (χ0) is 10.1. The molecule has 72 valence electrons. The van der Waals surface area contributed by atoms with Crippen molar-refractivity contribution in [1.82, 2.24) is 9.55 Å². The fourth-order valence-corrected chi connectivity index (χ4v) is 1.95. The quantitative estimate of drug-likeness (QED) is 0.784. The summed E-state index contributed by atoms with van der Waals surface area (Å²) < 4.78 is 3.76. The number of hydrogen-bond acceptors (Lipinski definition) is 1. The van der Waals surface area contributed by atoms with E-state index in [1.54, 1.807) is 0 Å². The summed E-state index contributed by atoms with van der Waals surface area (Å²) in [4.78, 5) is 2.98. The molecule has 0 unspecified atom stereocenters. The van der Waals surface area contributed by atoms with Crippen molar-refractivity contribution >= 4 is 28.1 Å². The van der Waals surface area contributed by atoms with Crippen molar-refractivity contribution in [3.05, 3.63) is 45.4 Å². The molecule has 14 heavy (non-hydrogen) atoms. The monoisotopic (exact) mass is 268 g/mol. The van der Waals surface area contributed by atoms with E-state index in [9.17, 15) is 0 Å². The molecule has 1 aromatic heterocycles. The highest BCUT2D eigenvalue weighted by Crippen LogP contribution is 2.22. The van der Waals surface area contributed by atoms with Gasteiger partial charge < -0.3 is 4.98 Å². The Hall–Kier alpha value is -0.870. The summed E-state index contributed by atoms with van der Waals surface area (Å²) in [6, 6.07) is 6.07. The van der Waals surface area contributed by atoms with E-state index >= 15 is 0 Å². The molecule has 0 aliphatic rings. The highest BCUT2D eigenvalue weighted by molar-refractivity contribution is 9.10. The summed E-state index contributed by atoms with van der Waals surface area (Å²) in [6.45, 7) is 2.06. The Morgan fingerprint density at radius 2 is 2.21 bits per heavy atom. The number of imidazole rings is 1. The van der Waals surface area contributed by atoms with Crippen molar-refractivity contribution in [3.8, 4) is 5.69 Å². The predicted octanol–water partition coefficient (Wildman–Crippen LogP) is 3.61. The van der Waals surface area contributed by atoms with Crippen LogP contribution >= 0.6 is 28.1 Å². The van der Waals surface area contributed by atoms with Crippen molar-refractivity contribution in [2.24, 2.45) is 0 Å². The summed E-state index contributed by atoms with van der Waals surface area (Å²) in [7, 11) is 0. The maximum atomic E-state index is 5.16. The van der Waals surface area contributed by atoms with Crippen LogP contribution in [0.2, 0.25) is 0 Å². The average molecular weight is 269 g/mol. The van der Waals surface area contributed by atoms with Gasteiger partial charge in [0.1, 0.15) is 0 Å². The Balaban J connectivity index is 2.69. The highest BCUT2D eigenvalue weighted by Gasteiger charge is 2.03. The number of nitrogens with zero attached hydrogens (tertiary/aromatic N) is 1. The van der Waals surface area contributed by atoms with Gasteiger partial charge in [0, 0.05) is 16.9 Å². The normalized spacial score (nSPS) is 10.4. The minimum Gasteiger partial charge on any atom is -0.337 e. The molecule has 0 amide bonds. The van der Waals surface area contributed by atoms with Crippen LogP contribution in [0.15, 0.2) is 35.1 Å². The lowest BCUT2D eigenvalue weighted by Crippen LogP contribution is -1.95. The fourth-order valence-electron chi connectivity index (χ4n) is 1.37. The summed E-state index contributed by atoms with van der Waals surface area (Å²) in [6.07, 6.45) is 3.76. The molecular formula is C10H9BrN2S. The van der Waals surface area contributed by atoms with E-state index in [1.807, 2.05) is 35.2 Å². The van der Waals surface area contributed by atoms with Crippen molar-refractivity contribution < 1.29 is 0 Å². The molecule has 2 nitrogen and oxygen atoms in total. The molecule has 0 aliphatic carbocycles. The van der Waals surface area contributed by atoms with Crippen molar-refractivity contribution in [2.45, 2.75) is 6.92 Å². The maximum absolute atomic E-state index is 5.16. The molecule has 2 aromatic rings. The van der Waals surface area contributed by atoms with Crippen LogP contribution in [-0.2, 0) is 0 Å². The smallest absolute Gasteiger partial charge is 0.181 e. The fraction of sp³-hybridized carbons (Fsp3) is 0.100. The number of halogens is 1. The first-order chi connectivity index (χ1) is 6.70. The molecule has 0 saturated heterocycles. The molecule has 0 fully saturated rings. The molecule has 0 atom stereocenters. The van der Waals surface area contributed by atoms with E-state index in [1.165, 1.54) is 5.56 Å². The molecule has 2 rings (SSSR count). The molecule has 0 bridgehead atoms. The minimum absolute atomic E-state index is 0.714. The molecule has 0 spiro atoms. The van der Waals surface area contributed by atoms with Crippen LogP contribution in [0.3, 0.4) is 0 Å². The van der Waals surface area contributed by atoms with Crippen LogP contribution in [0.1, 0.15) is 5.56 Å². The zero-order valence-corrected chi connectivity index (χ0v) is 10.0. The van der Waals surface area contributed by atoms with E-state index in [4.69, 9.17) is 12.2 Å². The molecule has 4 heteroatoms. The minimum atomic E-state index is 0.714. The standard InChI is InChI=1S/C10H9BrN2S/c1-7-8(11)3-2-4-9(7)13-6-5-12-10(13)14/h2-6H,1H3,(H,12,14). The molecule has 0 radical (unpaired) electrons. The summed E-state index contributed by atoms with van der Waals surface area (Å²) >= 11 is 8.66. The first-order valence-electron chi connectivity index (χ1n) is 4.21. The van der Waals surface area contributed by atoms with Gasteiger partial charge in [0.15, 0.2) is 4.77 Å². The average Bonchev–Trinajstić information content (AvgIpc) is 2.57. The number of H-pyrrole nitrogens is 1. The lowest BCUT2D eigenvalue weighted by atomic mass is 10.2. The van der Waals surface area contributed by atoms with E-state index < -0.39 is 0 Å².